The van der Waals surface area contributed by atoms with Crippen LogP contribution in [0.1, 0.15) is 19.3 Å². The molecule has 138 valence electrons. The van der Waals surface area contributed by atoms with Crippen molar-refractivity contribution in [1.82, 2.24) is 10.2 Å². The molecule has 1 aromatic rings. The molecule has 0 saturated carbocycles. The average molecular weight is 353 g/mol. The summed E-state index contributed by atoms with van der Waals surface area (Å²) in [5.41, 5.74) is 0.337. The van der Waals surface area contributed by atoms with Crippen LogP contribution in [0.5, 0.6) is 0 Å². The molecule has 1 heterocycles. The third-order valence-corrected chi connectivity index (χ3v) is 4.10. The lowest BCUT2D eigenvalue weighted by atomic mass is 9.97. The fourth-order valence-corrected chi connectivity index (χ4v) is 2.73. The molecule has 3 N–H and O–H groups in total. The number of amides is 3. The van der Waals surface area contributed by atoms with Gasteiger partial charge in [-0.25, -0.2) is 9.18 Å². The van der Waals surface area contributed by atoms with Crippen LogP contribution in [0.15, 0.2) is 24.3 Å². The van der Waals surface area contributed by atoms with Gasteiger partial charge >= 0.3 is 6.03 Å². The smallest absolute Gasteiger partial charge is 0.319 e. The van der Waals surface area contributed by atoms with Gasteiger partial charge in [-0.15, -0.1) is 0 Å². The predicted octanol–water partition coefficient (Wildman–Crippen LogP) is 1.33. The largest absolute Gasteiger partial charge is 0.394 e. The highest BCUT2D eigenvalue weighted by molar-refractivity contribution is 5.89. The highest BCUT2D eigenvalue weighted by Crippen LogP contribution is 2.22. The quantitative estimate of drug-likeness (QED) is 0.745. The third kappa shape index (κ3) is 5.68. The number of ether oxygens (including phenoxy) is 1. The second-order valence-electron chi connectivity index (χ2n) is 6.26. The fourth-order valence-electron chi connectivity index (χ4n) is 2.73. The summed E-state index contributed by atoms with van der Waals surface area (Å²) in [5, 5.41) is 14.8. The summed E-state index contributed by atoms with van der Waals surface area (Å²) < 4.78 is 18.9. The monoisotopic (exact) mass is 353 g/mol. The van der Waals surface area contributed by atoms with Crippen molar-refractivity contribution in [2.24, 2.45) is 0 Å². The maximum absolute atomic E-state index is 13.1. The molecular weight excluding hydrogens is 329 g/mol. The Labute approximate surface area is 146 Å². The number of hydrogen-bond donors (Lipinski definition) is 3. The maximum Gasteiger partial charge on any atom is 0.319 e. The Bertz CT molecular complexity index is 611. The van der Waals surface area contributed by atoms with Gasteiger partial charge in [-0.1, -0.05) is 6.07 Å². The number of rotatable bonds is 5. The first-order chi connectivity index (χ1) is 11.9. The number of nitrogens with one attached hydrogen (secondary N) is 2. The number of aliphatic hydroxyl groups is 1. The Hall–Kier alpha value is -2.19. The minimum Gasteiger partial charge on any atom is -0.394 e. The summed E-state index contributed by atoms with van der Waals surface area (Å²) >= 11 is 0. The van der Waals surface area contributed by atoms with E-state index < -0.39 is 18.0 Å². The van der Waals surface area contributed by atoms with Crippen molar-refractivity contribution >= 4 is 17.6 Å². The van der Waals surface area contributed by atoms with Gasteiger partial charge in [0.1, 0.15) is 11.9 Å². The summed E-state index contributed by atoms with van der Waals surface area (Å²) in [6.45, 7) is -0.266. The first-order valence-electron chi connectivity index (χ1n) is 8.18. The van der Waals surface area contributed by atoms with Gasteiger partial charge in [0.15, 0.2) is 0 Å². The van der Waals surface area contributed by atoms with E-state index in [0.29, 0.717) is 18.5 Å². The lowest BCUT2D eigenvalue weighted by Crippen LogP contribution is -2.52. The van der Waals surface area contributed by atoms with Gasteiger partial charge in [0, 0.05) is 19.8 Å². The first kappa shape index (κ1) is 19.1. The minimum atomic E-state index is -0.591. The van der Waals surface area contributed by atoms with Crippen molar-refractivity contribution < 1.29 is 23.8 Å². The van der Waals surface area contributed by atoms with Crippen LogP contribution in [-0.4, -0.2) is 60.9 Å². The molecule has 1 aromatic carbocycles. The van der Waals surface area contributed by atoms with Crippen molar-refractivity contribution in [2.75, 3.05) is 26.0 Å². The zero-order valence-electron chi connectivity index (χ0n) is 14.4. The molecule has 0 unspecified atom stereocenters. The molecule has 7 nitrogen and oxygen atoms in total. The molecule has 0 radical (unpaired) electrons. The molecule has 1 saturated heterocycles. The van der Waals surface area contributed by atoms with Gasteiger partial charge in [-0.2, -0.15) is 0 Å². The van der Waals surface area contributed by atoms with E-state index in [9.17, 15) is 19.1 Å². The van der Waals surface area contributed by atoms with E-state index in [1.54, 1.807) is 20.2 Å². The molecule has 25 heavy (non-hydrogen) atoms. The Balaban J connectivity index is 1.87. The van der Waals surface area contributed by atoms with E-state index in [1.807, 2.05) is 0 Å². The SMILES string of the molecule is CN(C)C(=O)C[C@H]1CC[C@H](NC(=O)Nc2cccc(F)c2)[C@@H](CO)O1. The van der Waals surface area contributed by atoms with Crippen LogP contribution in [0, 0.1) is 5.82 Å². The van der Waals surface area contributed by atoms with Gasteiger partial charge in [-0.05, 0) is 31.0 Å². The van der Waals surface area contributed by atoms with E-state index in [-0.39, 0.29) is 31.1 Å². The average Bonchev–Trinajstić information content (AvgIpc) is 2.56. The number of benzene rings is 1. The van der Waals surface area contributed by atoms with Gasteiger partial charge in [0.05, 0.1) is 25.2 Å². The first-order valence-corrected chi connectivity index (χ1v) is 8.18. The summed E-state index contributed by atoms with van der Waals surface area (Å²) in [6, 6.07) is 4.69. The van der Waals surface area contributed by atoms with Crippen LogP contribution in [0.4, 0.5) is 14.9 Å². The summed E-state index contributed by atoms with van der Waals surface area (Å²) in [6.07, 6.45) is 0.545. The number of aliphatic hydroxyl groups excluding tert-OH is 1. The number of carbonyl (C=O) groups is 2. The molecule has 2 rings (SSSR count). The third-order valence-electron chi connectivity index (χ3n) is 4.10. The summed E-state index contributed by atoms with van der Waals surface area (Å²) in [7, 11) is 3.35. The van der Waals surface area contributed by atoms with Crippen LogP contribution in [0.2, 0.25) is 0 Å². The van der Waals surface area contributed by atoms with Crippen molar-refractivity contribution in [3.63, 3.8) is 0 Å². The molecule has 0 aromatic heterocycles. The second kappa shape index (κ2) is 8.77. The molecule has 0 aliphatic carbocycles. The van der Waals surface area contributed by atoms with Crippen molar-refractivity contribution in [3.8, 4) is 0 Å². The van der Waals surface area contributed by atoms with Crippen LogP contribution in [-0.2, 0) is 9.53 Å². The van der Waals surface area contributed by atoms with Crippen LogP contribution >= 0.6 is 0 Å². The van der Waals surface area contributed by atoms with Crippen molar-refractivity contribution in [2.45, 2.75) is 37.5 Å². The Morgan fingerprint density at radius 3 is 2.76 bits per heavy atom. The van der Waals surface area contributed by atoms with E-state index >= 15 is 0 Å². The number of nitrogens with zero attached hydrogens (tertiary/aromatic N) is 1. The standard InChI is InChI=1S/C17H24FN3O4/c1-21(2)16(23)9-13-6-7-14(15(10-22)25-13)20-17(24)19-12-5-3-4-11(18)8-12/h3-5,8,13-15,22H,6-7,9-10H2,1-2H3,(H2,19,20,24)/t13-,14+,15-/m1/s1. The van der Waals surface area contributed by atoms with Crippen LogP contribution in [0.3, 0.4) is 0 Å². The molecule has 1 aliphatic rings. The number of anilines is 1. The van der Waals surface area contributed by atoms with Gasteiger partial charge in [0.25, 0.3) is 0 Å². The van der Waals surface area contributed by atoms with E-state index in [2.05, 4.69) is 10.6 Å². The molecule has 3 atom stereocenters. The molecule has 3 amide bonds. The van der Waals surface area contributed by atoms with Crippen molar-refractivity contribution in [1.29, 1.82) is 0 Å². The second-order valence-corrected chi connectivity index (χ2v) is 6.26. The topological polar surface area (TPSA) is 90.9 Å². The number of halogens is 1. The van der Waals surface area contributed by atoms with E-state index in [4.69, 9.17) is 4.74 Å². The van der Waals surface area contributed by atoms with E-state index in [0.717, 1.165) is 0 Å². The van der Waals surface area contributed by atoms with Gasteiger partial charge in [0.2, 0.25) is 5.91 Å². The fraction of sp³-hybridized carbons (Fsp3) is 0.529. The lowest BCUT2D eigenvalue weighted by Gasteiger charge is -2.36. The molecule has 1 aliphatic heterocycles. The Morgan fingerprint density at radius 2 is 2.12 bits per heavy atom. The van der Waals surface area contributed by atoms with Crippen LogP contribution < -0.4 is 10.6 Å². The van der Waals surface area contributed by atoms with Gasteiger partial charge in [-0.3, -0.25) is 4.79 Å². The zero-order valence-corrected chi connectivity index (χ0v) is 14.4. The highest BCUT2D eigenvalue weighted by Gasteiger charge is 2.33. The molecule has 0 bridgehead atoms. The minimum absolute atomic E-state index is 0.0445. The van der Waals surface area contributed by atoms with Crippen LogP contribution in [0.25, 0.3) is 0 Å². The summed E-state index contributed by atoms with van der Waals surface area (Å²) in [5.74, 6) is -0.489. The summed E-state index contributed by atoms with van der Waals surface area (Å²) in [4.78, 5) is 25.3. The van der Waals surface area contributed by atoms with Gasteiger partial charge < -0.3 is 25.4 Å². The van der Waals surface area contributed by atoms with E-state index in [1.165, 1.54) is 23.1 Å². The highest BCUT2D eigenvalue weighted by atomic mass is 19.1. The molecule has 0 spiro atoms. The number of hydrogen-bond acceptors (Lipinski definition) is 4. The van der Waals surface area contributed by atoms with Crippen molar-refractivity contribution in [3.05, 3.63) is 30.1 Å². The Morgan fingerprint density at radius 1 is 1.36 bits per heavy atom. The molecule has 1 fully saturated rings. The maximum atomic E-state index is 13.1. The molecule has 8 heteroatoms. The Kier molecular flexibility index (Phi) is 6.72. The zero-order chi connectivity index (χ0) is 18.4. The predicted molar refractivity (Wildman–Crippen MR) is 90.6 cm³/mol. The molecular formula is C17H24FN3O4. The number of carbonyl (C=O) groups excluding carboxylic acids is 2. The number of urea groups is 1. The lowest BCUT2D eigenvalue weighted by molar-refractivity contribution is -0.137. The normalized spacial score (nSPS) is 23.0.